The zero-order valence-corrected chi connectivity index (χ0v) is 15.0. The first-order chi connectivity index (χ1) is 12.3. The standard InChI is InChI=1S/C20H27N3O2/c1-2-24-20-10-6-4-8-18(20)23-13-11-22(12-14-23)15-17-16-7-3-5-9-19(16)25-21-17/h4,6,8,10H,2-3,5,7,9,11-15H2,1H3. The van der Waals surface area contributed by atoms with E-state index in [2.05, 4.69) is 33.2 Å². The van der Waals surface area contributed by atoms with Gasteiger partial charge in [-0.05, 0) is 38.3 Å². The Hall–Kier alpha value is -2.01. The fourth-order valence-electron chi connectivity index (χ4n) is 3.93. The molecule has 0 unspecified atom stereocenters. The summed E-state index contributed by atoms with van der Waals surface area (Å²) in [6.45, 7) is 7.78. The molecule has 2 aromatic rings. The van der Waals surface area contributed by atoms with Crippen molar-refractivity contribution < 1.29 is 9.26 Å². The van der Waals surface area contributed by atoms with Gasteiger partial charge >= 0.3 is 0 Å². The fourth-order valence-corrected chi connectivity index (χ4v) is 3.93. The van der Waals surface area contributed by atoms with Crippen LogP contribution in [0.4, 0.5) is 5.69 Å². The van der Waals surface area contributed by atoms with Crippen LogP contribution in [0.1, 0.15) is 36.8 Å². The van der Waals surface area contributed by atoms with Crippen LogP contribution < -0.4 is 9.64 Å². The van der Waals surface area contributed by atoms with Gasteiger partial charge in [-0.3, -0.25) is 4.90 Å². The number of hydrogen-bond acceptors (Lipinski definition) is 5. The molecule has 4 rings (SSSR count). The smallest absolute Gasteiger partial charge is 0.142 e. The molecule has 25 heavy (non-hydrogen) atoms. The largest absolute Gasteiger partial charge is 0.492 e. The molecule has 0 bridgehead atoms. The highest BCUT2D eigenvalue weighted by Gasteiger charge is 2.24. The highest BCUT2D eigenvalue weighted by molar-refractivity contribution is 5.58. The molecule has 1 aliphatic heterocycles. The molecule has 0 amide bonds. The fraction of sp³-hybridized carbons (Fsp3) is 0.550. The second-order valence-corrected chi connectivity index (χ2v) is 6.90. The van der Waals surface area contributed by atoms with Gasteiger partial charge in [0.2, 0.25) is 0 Å². The lowest BCUT2D eigenvalue weighted by atomic mass is 9.96. The molecule has 1 fully saturated rings. The lowest BCUT2D eigenvalue weighted by Crippen LogP contribution is -2.46. The zero-order valence-electron chi connectivity index (χ0n) is 15.0. The minimum atomic E-state index is 0.703. The maximum atomic E-state index is 5.79. The van der Waals surface area contributed by atoms with E-state index in [9.17, 15) is 0 Å². The molecular formula is C20H27N3O2. The topological polar surface area (TPSA) is 41.7 Å². The molecule has 1 saturated heterocycles. The zero-order chi connectivity index (χ0) is 17.1. The number of aryl methyl sites for hydroxylation is 1. The van der Waals surface area contributed by atoms with Crippen molar-refractivity contribution in [2.75, 3.05) is 37.7 Å². The number of anilines is 1. The molecule has 1 aliphatic carbocycles. The summed E-state index contributed by atoms with van der Waals surface area (Å²) in [4.78, 5) is 4.92. The molecule has 1 aromatic heterocycles. The molecule has 0 spiro atoms. The van der Waals surface area contributed by atoms with Gasteiger partial charge in [0.15, 0.2) is 0 Å². The van der Waals surface area contributed by atoms with E-state index in [1.54, 1.807) is 0 Å². The molecule has 0 N–H and O–H groups in total. The maximum Gasteiger partial charge on any atom is 0.142 e. The molecule has 2 heterocycles. The third-order valence-electron chi connectivity index (χ3n) is 5.28. The van der Waals surface area contributed by atoms with E-state index in [1.165, 1.54) is 24.1 Å². The third kappa shape index (κ3) is 3.52. The summed E-state index contributed by atoms with van der Waals surface area (Å²) in [6.07, 6.45) is 4.70. The first-order valence-corrected chi connectivity index (χ1v) is 9.50. The summed E-state index contributed by atoms with van der Waals surface area (Å²) in [5, 5.41) is 4.36. The van der Waals surface area contributed by atoms with Crippen molar-refractivity contribution in [3.8, 4) is 5.75 Å². The second kappa shape index (κ2) is 7.48. The summed E-state index contributed by atoms with van der Waals surface area (Å²) in [5.74, 6) is 2.12. The van der Waals surface area contributed by atoms with E-state index in [4.69, 9.17) is 9.26 Å². The number of benzene rings is 1. The van der Waals surface area contributed by atoms with Gasteiger partial charge in [-0.1, -0.05) is 17.3 Å². The molecule has 0 saturated carbocycles. The van der Waals surface area contributed by atoms with E-state index in [0.29, 0.717) is 6.61 Å². The van der Waals surface area contributed by atoms with Crippen LogP contribution in [0.25, 0.3) is 0 Å². The van der Waals surface area contributed by atoms with Crippen molar-refractivity contribution in [2.45, 2.75) is 39.2 Å². The summed E-state index contributed by atoms with van der Waals surface area (Å²) >= 11 is 0. The Morgan fingerprint density at radius 3 is 2.72 bits per heavy atom. The van der Waals surface area contributed by atoms with E-state index >= 15 is 0 Å². The Morgan fingerprint density at radius 1 is 1.08 bits per heavy atom. The lowest BCUT2D eigenvalue weighted by Gasteiger charge is -2.36. The number of ether oxygens (including phenoxy) is 1. The molecule has 134 valence electrons. The van der Waals surface area contributed by atoms with Gasteiger partial charge in [-0.25, -0.2) is 0 Å². The van der Waals surface area contributed by atoms with Crippen molar-refractivity contribution in [2.24, 2.45) is 0 Å². The SMILES string of the molecule is CCOc1ccccc1N1CCN(Cc2noc3c2CCCC3)CC1. The number of hydrogen-bond donors (Lipinski definition) is 0. The summed E-state index contributed by atoms with van der Waals surface area (Å²) in [5.41, 5.74) is 3.76. The minimum absolute atomic E-state index is 0.703. The first-order valence-electron chi connectivity index (χ1n) is 9.50. The maximum absolute atomic E-state index is 5.79. The van der Waals surface area contributed by atoms with Crippen molar-refractivity contribution in [1.82, 2.24) is 10.1 Å². The molecule has 1 aromatic carbocycles. The highest BCUT2D eigenvalue weighted by Crippen LogP contribution is 2.29. The summed E-state index contributed by atoms with van der Waals surface area (Å²) in [7, 11) is 0. The van der Waals surface area contributed by atoms with Gasteiger partial charge in [-0.15, -0.1) is 0 Å². The van der Waals surface area contributed by atoms with Crippen LogP contribution in [0.2, 0.25) is 0 Å². The van der Waals surface area contributed by atoms with Gasteiger partial charge in [0, 0.05) is 44.7 Å². The Morgan fingerprint density at radius 2 is 1.88 bits per heavy atom. The lowest BCUT2D eigenvalue weighted by molar-refractivity contribution is 0.240. The van der Waals surface area contributed by atoms with Crippen LogP contribution in [-0.4, -0.2) is 42.8 Å². The average molecular weight is 341 g/mol. The first kappa shape index (κ1) is 16.5. The van der Waals surface area contributed by atoms with Crippen LogP contribution in [0.3, 0.4) is 0 Å². The Kier molecular flexibility index (Phi) is 4.92. The third-order valence-corrected chi connectivity index (χ3v) is 5.28. The minimum Gasteiger partial charge on any atom is -0.492 e. The van der Waals surface area contributed by atoms with E-state index in [1.807, 2.05) is 13.0 Å². The van der Waals surface area contributed by atoms with E-state index < -0.39 is 0 Å². The van der Waals surface area contributed by atoms with Gasteiger partial charge in [-0.2, -0.15) is 0 Å². The van der Waals surface area contributed by atoms with Gasteiger partial charge in [0.1, 0.15) is 17.2 Å². The number of aromatic nitrogens is 1. The van der Waals surface area contributed by atoms with E-state index in [-0.39, 0.29) is 0 Å². The predicted octanol–water partition coefficient (Wildman–Crippen LogP) is 3.27. The van der Waals surface area contributed by atoms with Gasteiger partial charge < -0.3 is 14.2 Å². The van der Waals surface area contributed by atoms with Gasteiger partial charge in [0.25, 0.3) is 0 Å². The number of rotatable bonds is 5. The number of fused-ring (bicyclic) bond motifs is 1. The quantitative estimate of drug-likeness (QED) is 0.835. The predicted molar refractivity (Wildman–Crippen MR) is 98.2 cm³/mol. The van der Waals surface area contributed by atoms with Crippen LogP contribution in [-0.2, 0) is 19.4 Å². The van der Waals surface area contributed by atoms with Crippen LogP contribution in [0.5, 0.6) is 5.75 Å². The monoisotopic (exact) mass is 341 g/mol. The van der Waals surface area contributed by atoms with Crippen LogP contribution in [0, 0.1) is 0 Å². The molecule has 0 atom stereocenters. The Labute approximate surface area is 149 Å². The van der Waals surface area contributed by atoms with Crippen molar-refractivity contribution >= 4 is 5.69 Å². The highest BCUT2D eigenvalue weighted by atomic mass is 16.5. The van der Waals surface area contributed by atoms with Gasteiger partial charge in [0.05, 0.1) is 12.3 Å². The molecular weight excluding hydrogens is 314 g/mol. The van der Waals surface area contributed by atoms with E-state index in [0.717, 1.165) is 62.8 Å². The molecule has 5 nitrogen and oxygen atoms in total. The number of para-hydroxylation sites is 2. The second-order valence-electron chi connectivity index (χ2n) is 6.90. The molecule has 5 heteroatoms. The number of piperazine rings is 1. The van der Waals surface area contributed by atoms with Crippen molar-refractivity contribution in [3.05, 3.63) is 41.3 Å². The Balaban J connectivity index is 1.38. The van der Waals surface area contributed by atoms with Crippen molar-refractivity contribution in [1.29, 1.82) is 0 Å². The summed E-state index contributed by atoms with van der Waals surface area (Å²) in [6, 6.07) is 8.35. The molecule has 2 aliphatic rings. The number of nitrogens with zero attached hydrogens (tertiary/aromatic N) is 3. The average Bonchev–Trinajstić information content (AvgIpc) is 3.06. The van der Waals surface area contributed by atoms with Crippen LogP contribution in [0.15, 0.2) is 28.8 Å². The van der Waals surface area contributed by atoms with Crippen LogP contribution >= 0.6 is 0 Å². The summed E-state index contributed by atoms with van der Waals surface area (Å²) < 4.78 is 11.3. The Bertz CT molecular complexity index is 705. The van der Waals surface area contributed by atoms with Crippen molar-refractivity contribution in [3.63, 3.8) is 0 Å². The molecule has 0 radical (unpaired) electrons. The normalized spacial score (nSPS) is 18.2.